The summed E-state index contributed by atoms with van der Waals surface area (Å²) in [6.07, 6.45) is 0. The van der Waals surface area contributed by atoms with Gasteiger partial charge in [0.1, 0.15) is 0 Å². The van der Waals surface area contributed by atoms with Crippen molar-refractivity contribution in [3.63, 3.8) is 0 Å². The van der Waals surface area contributed by atoms with Crippen LogP contribution < -0.4 is 0 Å². The summed E-state index contributed by atoms with van der Waals surface area (Å²) in [7, 11) is 0. The van der Waals surface area contributed by atoms with Gasteiger partial charge in [0.2, 0.25) is 0 Å². The van der Waals surface area contributed by atoms with Crippen LogP contribution in [-0.4, -0.2) is 22.7 Å². The lowest BCUT2D eigenvalue weighted by atomic mass is 10.2. The van der Waals surface area contributed by atoms with Gasteiger partial charge in [-0.3, -0.25) is 0 Å². The first-order chi connectivity index (χ1) is 8.63. The third-order valence-electron chi connectivity index (χ3n) is 2.06. The van der Waals surface area contributed by atoms with Crippen molar-refractivity contribution in [3.05, 3.63) is 34.1 Å². The average molecular weight is 287 g/mol. The fourth-order valence-corrected chi connectivity index (χ4v) is 1.86. The number of hydrogen-bond acceptors (Lipinski definition) is 5. The standard InChI is InChI=1S/C11H8Cl2N2O3/c1-2-17-11(16)9-14-10(18-15-9)8-6(12)4-3-5-7(8)13/h3-5H,2H2,1H3. The van der Waals surface area contributed by atoms with Crippen molar-refractivity contribution in [1.82, 2.24) is 10.1 Å². The third kappa shape index (κ3) is 2.47. The van der Waals surface area contributed by atoms with Crippen LogP contribution in [0.5, 0.6) is 0 Å². The van der Waals surface area contributed by atoms with E-state index in [1.807, 2.05) is 0 Å². The molecule has 0 radical (unpaired) electrons. The third-order valence-corrected chi connectivity index (χ3v) is 2.69. The zero-order chi connectivity index (χ0) is 13.1. The zero-order valence-corrected chi connectivity index (χ0v) is 10.8. The number of ether oxygens (including phenoxy) is 1. The number of rotatable bonds is 3. The predicted molar refractivity (Wildman–Crippen MR) is 65.7 cm³/mol. The molecule has 18 heavy (non-hydrogen) atoms. The summed E-state index contributed by atoms with van der Waals surface area (Å²) in [6.45, 7) is 1.92. The summed E-state index contributed by atoms with van der Waals surface area (Å²) in [5.41, 5.74) is 0.392. The van der Waals surface area contributed by atoms with Crippen molar-refractivity contribution in [2.24, 2.45) is 0 Å². The molecule has 1 aromatic carbocycles. The number of halogens is 2. The van der Waals surface area contributed by atoms with E-state index in [2.05, 4.69) is 10.1 Å². The summed E-state index contributed by atoms with van der Waals surface area (Å²) < 4.78 is 9.70. The lowest BCUT2D eigenvalue weighted by molar-refractivity contribution is 0.0508. The topological polar surface area (TPSA) is 65.2 Å². The molecule has 0 aliphatic carbocycles. The van der Waals surface area contributed by atoms with E-state index in [0.29, 0.717) is 15.6 Å². The van der Waals surface area contributed by atoms with Crippen LogP contribution >= 0.6 is 23.2 Å². The van der Waals surface area contributed by atoms with Crippen molar-refractivity contribution >= 4 is 29.2 Å². The van der Waals surface area contributed by atoms with Crippen LogP contribution in [0.4, 0.5) is 0 Å². The van der Waals surface area contributed by atoms with E-state index >= 15 is 0 Å². The van der Waals surface area contributed by atoms with Crippen LogP contribution in [0.2, 0.25) is 10.0 Å². The number of esters is 1. The molecule has 5 nitrogen and oxygen atoms in total. The van der Waals surface area contributed by atoms with Crippen LogP contribution in [0, 0.1) is 0 Å². The van der Waals surface area contributed by atoms with Gasteiger partial charge in [-0.25, -0.2) is 4.79 Å². The number of benzene rings is 1. The van der Waals surface area contributed by atoms with Crippen LogP contribution in [0.3, 0.4) is 0 Å². The van der Waals surface area contributed by atoms with Crippen molar-refractivity contribution in [3.8, 4) is 11.5 Å². The van der Waals surface area contributed by atoms with Crippen LogP contribution in [0.15, 0.2) is 22.7 Å². The lowest BCUT2D eigenvalue weighted by Crippen LogP contribution is -2.06. The second-order valence-corrected chi connectivity index (χ2v) is 4.05. The van der Waals surface area contributed by atoms with Gasteiger partial charge >= 0.3 is 5.97 Å². The van der Waals surface area contributed by atoms with E-state index in [1.165, 1.54) is 0 Å². The largest absolute Gasteiger partial charge is 0.460 e. The maximum absolute atomic E-state index is 11.4. The molecule has 0 unspecified atom stereocenters. The molecule has 1 heterocycles. The van der Waals surface area contributed by atoms with E-state index in [1.54, 1.807) is 25.1 Å². The van der Waals surface area contributed by atoms with Crippen molar-refractivity contribution in [2.75, 3.05) is 6.61 Å². The minimum atomic E-state index is -0.657. The van der Waals surface area contributed by atoms with E-state index in [9.17, 15) is 4.79 Å². The summed E-state index contributed by atoms with van der Waals surface area (Å²) >= 11 is 12.0. The molecule has 0 saturated heterocycles. The Morgan fingerprint density at radius 2 is 2.06 bits per heavy atom. The minimum Gasteiger partial charge on any atom is -0.460 e. The van der Waals surface area contributed by atoms with Crippen LogP contribution in [-0.2, 0) is 4.74 Å². The van der Waals surface area contributed by atoms with Crippen molar-refractivity contribution < 1.29 is 14.1 Å². The van der Waals surface area contributed by atoms with Gasteiger partial charge in [-0.1, -0.05) is 29.3 Å². The van der Waals surface area contributed by atoms with Gasteiger partial charge in [-0.15, -0.1) is 0 Å². The van der Waals surface area contributed by atoms with E-state index in [4.69, 9.17) is 32.5 Å². The van der Waals surface area contributed by atoms with Gasteiger partial charge in [-0.05, 0) is 24.2 Å². The average Bonchev–Trinajstić information content (AvgIpc) is 2.78. The van der Waals surface area contributed by atoms with Crippen molar-refractivity contribution in [2.45, 2.75) is 6.92 Å². The molecule has 0 N–H and O–H groups in total. The number of carbonyl (C=O) groups is 1. The smallest absolute Gasteiger partial charge is 0.379 e. The lowest BCUT2D eigenvalue weighted by Gasteiger charge is -2.00. The highest BCUT2D eigenvalue weighted by Crippen LogP contribution is 2.33. The first-order valence-corrected chi connectivity index (χ1v) is 5.84. The molecule has 0 fully saturated rings. The molecule has 2 aromatic rings. The Hall–Kier alpha value is -1.59. The van der Waals surface area contributed by atoms with Gasteiger partial charge in [0.15, 0.2) is 0 Å². The summed E-state index contributed by atoms with van der Waals surface area (Å²) in [4.78, 5) is 15.3. The Labute approximate surface area is 113 Å². The maximum Gasteiger partial charge on any atom is 0.379 e. The highest BCUT2D eigenvalue weighted by Gasteiger charge is 2.19. The Morgan fingerprint density at radius 1 is 1.39 bits per heavy atom. The van der Waals surface area contributed by atoms with Crippen molar-refractivity contribution in [1.29, 1.82) is 0 Å². The normalized spacial score (nSPS) is 10.4. The molecular weight excluding hydrogens is 279 g/mol. The number of carbonyl (C=O) groups excluding carboxylic acids is 1. The molecule has 0 amide bonds. The summed E-state index contributed by atoms with van der Waals surface area (Å²) in [6, 6.07) is 4.96. The Kier molecular flexibility index (Phi) is 3.84. The molecule has 2 rings (SSSR count). The highest BCUT2D eigenvalue weighted by atomic mass is 35.5. The maximum atomic E-state index is 11.4. The molecule has 0 spiro atoms. The van der Waals surface area contributed by atoms with E-state index in [0.717, 1.165) is 0 Å². The number of hydrogen-bond donors (Lipinski definition) is 0. The van der Waals surface area contributed by atoms with Gasteiger partial charge < -0.3 is 9.26 Å². The number of nitrogens with zero attached hydrogens (tertiary/aromatic N) is 2. The monoisotopic (exact) mass is 286 g/mol. The highest BCUT2D eigenvalue weighted by molar-refractivity contribution is 6.38. The Bertz CT molecular complexity index is 563. The van der Waals surface area contributed by atoms with Gasteiger partial charge in [0.05, 0.1) is 22.2 Å². The number of aromatic nitrogens is 2. The van der Waals surface area contributed by atoms with Gasteiger partial charge in [0.25, 0.3) is 11.7 Å². The molecule has 7 heteroatoms. The molecule has 0 aliphatic heterocycles. The fraction of sp³-hybridized carbons (Fsp3) is 0.182. The predicted octanol–water partition coefficient (Wildman–Crippen LogP) is 3.22. The Morgan fingerprint density at radius 3 is 2.67 bits per heavy atom. The summed E-state index contributed by atoms with van der Waals surface area (Å²) in [5, 5.41) is 4.24. The molecule has 0 saturated carbocycles. The quantitative estimate of drug-likeness (QED) is 0.811. The fourth-order valence-electron chi connectivity index (χ4n) is 1.31. The molecule has 0 bridgehead atoms. The first kappa shape index (κ1) is 12.9. The second kappa shape index (κ2) is 5.37. The molecular formula is C11H8Cl2N2O3. The molecule has 0 atom stereocenters. The molecule has 94 valence electrons. The SMILES string of the molecule is CCOC(=O)c1noc(-c2c(Cl)cccc2Cl)n1. The first-order valence-electron chi connectivity index (χ1n) is 5.08. The van der Waals surface area contributed by atoms with Gasteiger partial charge in [0, 0.05) is 0 Å². The molecule has 1 aromatic heterocycles. The minimum absolute atomic E-state index is 0.0775. The zero-order valence-electron chi connectivity index (χ0n) is 9.31. The second-order valence-electron chi connectivity index (χ2n) is 3.24. The van der Waals surface area contributed by atoms with Gasteiger partial charge in [-0.2, -0.15) is 4.98 Å². The van der Waals surface area contributed by atoms with Crippen LogP contribution in [0.25, 0.3) is 11.5 Å². The van der Waals surface area contributed by atoms with Crippen LogP contribution in [0.1, 0.15) is 17.5 Å². The summed E-state index contributed by atoms with van der Waals surface area (Å²) in [5.74, 6) is -0.743. The van der Waals surface area contributed by atoms with E-state index < -0.39 is 5.97 Å². The van der Waals surface area contributed by atoms with E-state index in [-0.39, 0.29) is 18.3 Å². The Balaban J connectivity index is 2.38. The molecule has 0 aliphatic rings.